The molecule has 2 heterocycles. The molecule has 2 saturated heterocycles. The van der Waals surface area contributed by atoms with Crippen molar-refractivity contribution in [3.8, 4) is 0 Å². The Morgan fingerprint density at radius 1 is 0.906 bits per heavy atom. The molecule has 2 aliphatic heterocycles. The minimum atomic E-state index is -0.854. The summed E-state index contributed by atoms with van der Waals surface area (Å²) in [7, 11) is 0. The lowest BCUT2D eigenvalue weighted by Crippen LogP contribution is -2.69. The van der Waals surface area contributed by atoms with Crippen LogP contribution in [-0.4, -0.2) is 68.4 Å². The molecule has 4 aliphatic carbocycles. The van der Waals surface area contributed by atoms with Gasteiger partial charge in [-0.1, -0.05) is 25.0 Å². The van der Waals surface area contributed by atoms with Crippen LogP contribution in [0.2, 0.25) is 0 Å². The summed E-state index contributed by atoms with van der Waals surface area (Å²) >= 11 is 0. The Hall–Kier alpha value is -0.460. The van der Waals surface area contributed by atoms with Crippen molar-refractivity contribution in [3.63, 3.8) is 0 Å². The summed E-state index contributed by atoms with van der Waals surface area (Å²) in [6.07, 6.45) is 6.06. The monoisotopic (exact) mass is 445 g/mol. The van der Waals surface area contributed by atoms with Gasteiger partial charge in [0, 0.05) is 25.0 Å². The van der Waals surface area contributed by atoms with Crippen molar-refractivity contribution >= 4 is 0 Å². The molecule has 0 radical (unpaired) electrons. The highest BCUT2D eigenvalue weighted by Crippen LogP contribution is 2.65. The van der Waals surface area contributed by atoms with Gasteiger partial charge in [0.15, 0.2) is 0 Å². The van der Waals surface area contributed by atoms with Gasteiger partial charge in [0.25, 0.3) is 0 Å². The predicted molar refractivity (Wildman–Crippen MR) is 123 cm³/mol. The third kappa shape index (κ3) is 2.94. The van der Waals surface area contributed by atoms with Crippen molar-refractivity contribution in [2.45, 2.75) is 102 Å². The van der Waals surface area contributed by atoms with E-state index in [-0.39, 0.29) is 41.4 Å². The lowest BCUT2D eigenvalue weighted by atomic mass is 9.53. The fraction of sp³-hybridized carbons (Fsp3) is 0.926. The van der Waals surface area contributed by atoms with Crippen LogP contribution >= 0.6 is 0 Å². The number of fused-ring (bicyclic) bond motifs is 7. The molecule has 3 saturated carbocycles. The molecule has 0 bridgehead atoms. The molecule has 0 spiro atoms. The van der Waals surface area contributed by atoms with Gasteiger partial charge in [-0.2, -0.15) is 0 Å². The number of aliphatic hydroxyl groups excluding tert-OH is 3. The second-order valence-electron chi connectivity index (χ2n) is 13.1. The van der Waals surface area contributed by atoms with Crippen LogP contribution in [0.15, 0.2) is 11.1 Å². The van der Waals surface area contributed by atoms with Crippen LogP contribution in [0.5, 0.6) is 0 Å². The molecule has 2 unspecified atom stereocenters. The maximum absolute atomic E-state index is 11.8. The Bertz CT molecular complexity index is 809. The highest BCUT2D eigenvalue weighted by Gasteiger charge is 2.62. The van der Waals surface area contributed by atoms with Crippen LogP contribution in [0.4, 0.5) is 0 Å². The molecule has 0 amide bonds. The summed E-state index contributed by atoms with van der Waals surface area (Å²) in [5, 5.41) is 44.7. The molecule has 0 aromatic heterocycles. The predicted octanol–water partition coefficient (Wildman–Crippen LogP) is 2.71. The second kappa shape index (κ2) is 7.27. The summed E-state index contributed by atoms with van der Waals surface area (Å²) in [5.74, 6) is 1.94. The van der Waals surface area contributed by atoms with Crippen molar-refractivity contribution in [2.24, 2.45) is 40.9 Å². The van der Waals surface area contributed by atoms with E-state index in [1.807, 2.05) is 6.92 Å². The van der Waals surface area contributed by atoms with Crippen molar-refractivity contribution < 1.29 is 20.4 Å². The van der Waals surface area contributed by atoms with E-state index in [4.69, 9.17) is 0 Å². The van der Waals surface area contributed by atoms with E-state index in [1.165, 1.54) is 11.1 Å². The van der Waals surface area contributed by atoms with Crippen LogP contribution in [0.25, 0.3) is 0 Å². The first-order valence-corrected chi connectivity index (χ1v) is 13.3. The molecule has 32 heavy (non-hydrogen) atoms. The zero-order valence-electron chi connectivity index (χ0n) is 20.1. The number of aliphatic hydroxyl groups is 4. The maximum Gasteiger partial charge on any atom is 0.0830 e. The molecule has 0 aromatic carbocycles. The molecule has 5 nitrogen and oxygen atoms in total. The summed E-state index contributed by atoms with van der Waals surface area (Å²) < 4.78 is 0. The average Bonchev–Trinajstić information content (AvgIpc) is 3.08. The molecule has 5 fully saturated rings. The zero-order chi connectivity index (χ0) is 22.6. The van der Waals surface area contributed by atoms with Gasteiger partial charge in [-0.15, -0.1) is 0 Å². The Labute approximate surface area is 192 Å². The van der Waals surface area contributed by atoms with Crippen LogP contribution in [0, 0.1) is 40.9 Å². The Morgan fingerprint density at radius 2 is 1.66 bits per heavy atom. The molecule has 180 valence electrons. The van der Waals surface area contributed by atoms with Crippen molar-refractivity contribution in [1.29, 1.82) is 0 Å². The van der Waals surface area contributed by atoms with Gasteiger partial charge < -0.3 is 20.4 Å². The largest absolute Gasteiger partial charge is 0.393 e. The fourth-order valence-electron chi connectivity index (χ4n) is 9.95. The van der Waals surface area contributed by atoms with Gasteiger partial charge >= 0.3 is 0 Å². The first kappa shape index (κ1) is 22.0. The van der Waals surface area contributed by atoms with Gasteiger partial charge in [-0.05, 0) is 93.3 Å². The average molecular weight is 446 g/mol. The lowest BCUT2D eigenvalue weighted by molar-refractivity contribution is -0.193. The van der Waals surface area contributed by atoms with Gasteiger partial charge in [-0.25, -0.2) is 0 Å². The van der Waals surface area contributed by atoms with E-state index in [1.54, 1.807) is 0 Å². The van der Waals surface area contributed by atoms with Gasteiger partial charge in [-0.3, -0.25) is 4.90 Å². The molecule has 6 aliphatic rings. The smallest absolute Gasteiger partial charge is 0.0830 e. The molecule has 0 aromatic rings. The first-order chi connectivity index (χ1) is 15.1. The van der Waals surface area contributed by atoms with E-state index in [0.29, 0.717) is 30.6 Å². The molecule has 4 N–H and O–H groups in total. The third-order valence-electron chi connectivity index (χ3n) is 11.4. The van der Waals surface area contributed by atoms with Crippen LogP contribution < -0.4 is 0 Å². The van der Waals surface area contributed by atoms with Crippen molar-refractivity contribution in [2.75, 3.05) is 13.1 Å². The molecule has 5 heteroatoms. The first-order valence-electron chi connectivity index (χ1n) is 13.3. The second-order valence-corrected chi connectivity index (χ2v) is 13.1. The SMILES string of the molecule is C[C@H]1CC[C@@H]2N(CC3[C@@H]4CC5C(=C4C[C@H](O)[C@@H]3[C@]2(C)O)C[C@H](O)[C@H]2C[C@@H](O)CC[C@]52C)C1. The zero-order valence-corrected chi connectivity index (χ0v) is 20.1. The maximum atomic E-state index is 11.8. The fourth-order valence-corrected chi connectivity index (χ4v) is 9.95. The minimum Gasteiger partial charge on any atom is -0.393 e. The van der Waals surface area contributed by atoms with Crippen LogP contribution in [-0.2, 0) is 0 Å². The highest BCUT2D eigenvalue weighted by molar-refractivity contribution is 5.36. The Balaban J connectivity index is 1.36. The van der Waals surface area contributed by atoms with Crippen LogP contribution in [0.1, 0.15) is 72.1 Å². The van der Waals surface area contributed by atoms with E-state index in [9.17, 15) is 20.4 Å². The minimum absolute atomic E-state index is 0.0381. The van der Waals surface area contributed by atoms with E-state index >= 15 is 0 Å². The topological polar surface area (TPSA) is 84.2 Å². The normalized spacial score (nSPS) is 57.8. The van der Waals surface area contributed by atoms with Crippen molar-refractivity contribution in [1.82, 2.24) is 4.90 Å². The molecular formula is C27H43NO4. The van der Waals surface area contributed by atoms with Gasteiger partial charge in [0.2, 0.25) is 0 Å². The molecule has 12 atom stereocenters. The molecule has 6 rings (SSSR count). The van der Waals surface area contributed by atoms with Gasteiger partial charge in [0.1, 0.15) is 0 Å². The molecular weight excluding hydrogens is 402 g/mol. The quantitative estimate of drug-likeness (QED) is 0.431. The number of piperidine rings is 2. The Morgan fingerprint density at radius 3 is 2.44 bits per heavy atom. The summed E-state index contributed by atoms with van der Waals surface area (Å²) in [6, 6.07) is 0.163. The number of rotatable bonds is 0. The third-order valence-corrected chi connectivity index (χ3v) is 11.4. The Kier molecular flexibility index (Phi) is 5.01. The van der Waals surface area contributed by atoms with Crippen molar-refractivity contribution in [3.05, 3.63) is 11.1 Å². The van der Waals surface area contributed by atoms with E-state index in [2.05, 4.69) is 18.7 Å². The number of nitrogens with zero attached hydrogens (tertiary/aromatic N) is 1. The number of hydrogen-bond donors (Lipinski definition) is 4. The van der Waals surface area contributed by atoms with E-state index in [0.717, 1.165) is 51.6 Å². The van der Waals surface area contributed by atoms with Gasteiger partial charge in [0.05, 0.1) is 23.9 Å². The standard InChI is InChI=1S/C27H43NO4/c1-14-4-5-24-27(3,32)25-19(13-28(24)12-14)16-9-20-18(17(16)10-23(25)31)11-22(30)21-8-15(29)6-7-26(20,21)2/h14-16,19-25,29-32H,4-13H2,1-3H3/t14-,15-,16+,19?,20?,21+,22-,23-,24-,25+,26+,27+/m0/s1. The summed E-state index contributed by atoms with van der Waals surface area (Å²) in [5.41, 5.74) is 2.04. The van der Waals surface area contributed by atoms with Crippen LogP contribution in [0.3, 0.4) is 0 Å². The summed E-state index contributed by atoms with van der Waals surface area (Å²) in [6.45, 7) is 8.73. The highest BCUT2D eigenvalue weighted by atomic mass is 16.3. The lowest BCUT2D eigenvalue weighted by Gasteiger charge is -2.60. The number of hydrogen-bond acceptors (Lipinski definition) is 5. The van der Waals surface area contributed by atoms with E-state index < -0.39 is 11.7 Å². The summed E-state index contributed by atoms with van der Waals surface area (Å²) in [4.78, 5) is 2.55.